The second-order valence-corrected chi connectivity index (χ2v) is 22.1. The number of benzene rings is 4. The van der Waals surface area contributed by atoms with Crippen LogP contribution in [0.2, 0.25) is 5.02 Å². The Morgan fingerprint density at radius 3 is 1.70 bits per heavy atom. The predicted octanol–water partition coefficient (Wildman–Crippen LogP) is -0.508. The van der Waals surface area contributed by atoms with Crippen molar-refractivity contribution < 1.29 is 58.5 Å². The lowest BCUT2D eigenvalue weighted by Crippen LogP contribution is -2.62. The van der Waals surface area contributed by atoms with Crippen LogP contribution >= 0.6 is 33.2 Å². The van der Waals surface area contributed by atoms with Gasteiger partial charge in [0.2, 0.25) is 53.2 Å². The zero-order valence-electron chi connectivity index (χ0n) is 43.9. The van der Waals surface area contributed by atoms with Gasteiger partial charge in [0.25, 0.3) is 0 Å². The van der Waals surface area contributed by atoms with Gasteiger partial charge in [0.05, 0.1) is 12.1 Å². The highest BCUT2D eigenvalue weighted by Gasteiger charge is 2.36. The highest BCUT2D eigenvalue weighted by molar-refractivity contribution is 8.76. The molecule has 2 unspecified atom stereocenters. The Hall–Kier alpha value is -7.42. The number of nitrogens with two attached hydrogens (primary N) is 3. The van der Waals surface area contributed by atoms with E-state index in [4.69, 9.17) is 28.8 Å². The van der Waals surface area contributed by atoms with E-state index >= 15 is 0 Å². The van der Waals surface area contributed by atoms with Gasteiger partial charge in [-0.25, -0.2) is 0 Å². The van der Waals surface area contributed by atoms with Crippen molar-refractivity contribution in [1.82, 2.24) is 42.5 Å². The maximum Gasteiger partial charge on any atom is 0.248 e. The number of phenols is 2. The third kappa shape index (κ3) is 20.4. The number of aliphatic hydroxyl groups excluding tert-OH is 1. The molecule has 9 amide bonds. The summed E-state index contributed by atoms with van der Waals surface area (Å²) >= 11 is 6.07. The number of amides is 9. The van der Waals surface area contributed by atoms with Crippen molar-refractivity contribution in [1.29, 1.82) is 0 Å². The Labute approximate surface area is 475 Å². The van der Waals surface area contributed by atoms with Crippen molar-refractivity contribution in [3.05, 3.63) is 130 Å². The van der Waals surface area contributed by atoms with Gasteiger partial charge in [0.15, 0.2) is 0 Å². The normalized spacial score (nSPS) is 20.9. The summed E-state index contributed by atoms with van der Waals surface area (Å²) in [7, 11) is 3.64. The number of phenolic OH excluding ortho intramolecular Hbond substituents is 2. The number of hydrogen-bond acceptors (Lipinski definition) is 16. The van der Waals surface area contributed by atoms with Gasteiger partial charge in [-0.3, -0.25) is 43.2 Å². The Morgan fingerprint density at radius 1 is 0.650 bits per heavy atom. The Morgan fingerprint density at radius 2 is 1.15 bits per heavy atom. The van der Waals surface area contributed by atoms with Crippen molar-refractivity contribution in [2.45, 2.75) is 106 Å². The van der Waals surface area contributed by atoms with E-state index < -0.39 is 108 Å². The van der Waals surface area contributed by atoms with E-state index in [1.54, 1.807) is 31.3 Å². The smallest absolute Gasteiger partial charge is 0.248 e. The second-order valence-electron chi connectivity index (χ2n) is 19.1. The molecule has 0 bridgehead atoms. The van der Waals surface area contributed by atoms with Crippen LogP contribution in [0, 0.1) is 0 Å². The van der Waals surface area contributed by atoms with Crippen LogP contribution in [0.3, 0.4) is 0 Å². The number of nitrogens with one attached hydrogen (secondary N) is 8. The first kappa shape index (κ1) is 63.4. The number of carbonyl (C=O) groups is 9. The molecule has 1 fully saturated rings. The van der Waals surface area contributed by atoms with Crippen molar-refractivity contribution in [2.75, 3.05) is 25.1 Å². The maximum absolute atomic E-state index is 14.8. The molecule has 0 aromatic heterocycles. The fourth-order valence-corrected chi connectivity index (χ4v) is 10.6. The van der Waals surface area contributed by atoms with Gasteiger partial charge in [0.1, 0.15) is 53.8 Å². The van der Waals surface area contributed by atoms with E-state index in [0.717, 1.165) is 21.6 Å². The predicted molar refractivity (Wildman–Crippen MR) is 303 cm³/mol. The van der Waals surface area contributed by atoms with Crippen LogP contribution in [-0.4, -0.2) is 148 Å². The molecule has 17 N–H and O–H groups in total. The zero-order chi connectivity index (χ0) is 58.5. The van der Waals surface area contributed by atoms with Gasteiger partial charge < -0.3 is 75.1 Å². The molecule has 0 spiro atoms. The molecule has 4 aromatic carbocycles. The summed E-state index contributed by atoms with van der Waals surface area (Å²) in [5.41, 5.74) is 19.8. The van der Waals surface area contributed by atoms with Gasteiger partial charge in [-0.2, -0.15) is 0 Å². The fourth-order valence-electron chi connectivity index (χ4n) is 8.19. The van der Waals surface area contributed by atoms with Crippen LogP contribution in [0.25, 0.3) is 0 Å². The van der Waals surface area contributed by atoms with Crippen LogP contribution in [0.5, 0.6) is 11.5 Å². The largest absolute Gasteiger partial charge is 0.508 e. The first-order valence-electron chi connectivity index (χ1n) is 25.5. The zero-order valence-corrected chi connectivity index (χ0v) is 46.3. The van der Waals surface area contributed by atoms with E-state index in [9.17, 15) is 58.5 Å². The van der Waals surface area contributed by atoms with Crippen LogP contribution in [0.1, 0.15) is 58.8 Å². The number of halogens is 1. The van der Waals surface area contributed by atoms with E-state index in [1.807, 2.05) is 0 Å². The summed E-state index contributed by atoms with van der Waals surface area (Å²) in [4.78, 5) is 126. The minimum atomic E-state index is -1.75. The summed E-state index contributed by atoms with van der Waals surface area (Å²) in [6.07, 6.45) is -1.28. The van der Waals surface area contributed by atoms with E-state index in [0.29, 0.717) is 46.7 Å². The monoisotopic (exact) mass is 1160 g/mol. The number of aromatic hydroxyl groups is 2. The topological polar surface area (TPSA) is 389 Å². The Kier molecular flexibility index (Phi) is 24.9. The molecule has 0 radical (unpaired) electrons. The van der Waals surface area contributed by atoms with Gasteiger partial charge in [-0.15, -0.1) is 0 Å². The van der Waals surface area contributed by atoms with E-state index in [-0.39, 0.29) is 60.7 Å². The second kappa shape index (κ2) is 31.4. The molecule has 5 rings (SSSR count). The number of rotatable bonds is 20. The average molecular weight is 1160 g/mol. The molecular weight excluding hydrogens is 1090 g/mol. The first-order chi connectivity index (χ1) is 38.1. The minimum Gasteiger partial charge on any atom is -0.508 e. The van der Waals surface area contributed by atoms with Crippen LogP contribution in [0.4, 0.5) is 0 Å². The molecule has 23 nitrogen and oxygen atoms in total. The molecule has 26 heteroatoms. The quantitative estimate of drug-likeness (QED) is 0.0392. The molecule has 0 saturated carbocycles. The van der Waals surface area contributed by atoms with Crippen molar-refractivity contribution in [2.24, 2.45) is 17.2 Å². The molecule has 80 heavy (non-hydrogen) atoms. The molecule has 1 saturated heterocycles. The highest BCUT2D eigenvalue weighted by Crippen LogP contribution is 2.24. The maximum atomic E-state index is 14.8. The Bertz CT molecular complexity index is 2780. The molecule has 1 heterocycles. The lowest BCUT2D eigenvalue weighted by molar-refractivity contribution is -0.136. The molecule has 0 aliphatic carbocycles. The van der Waals surface area contributed by atoms with Crippen LogP contribution in [0.15, 0.2) is 97.1 Å². The molecule has 1 aliphatic heterocycles. The number of unbranched alkanes of at least 4 members (excludes halogenated alkanes) is 1. The SMILES string of the molecule is CNCCCC[C@@H]1NC(=O)[C@@H](Cc2ccc(C(N)=O)cc2)NC(=O)[C@H](Cc2ccc(O)cc2)NC(=O)[C@H](NC(=O)[C@@H](N)Cc2ccc(Cl)cc2)CSSC[C@@H](C(=O)N[C@H](Cc2ccc(O)cc2)C(N)=O)NC(=O)C(C(C)O)NC1=O. The van der Waals surface area contributed by atoms with E-state index in [1.165, 1.54) is 79.7 Å². The molecular formula is C54H68ClN11O12S2. The minimum absolute atomic E-state index is 0.00813. The van der Waals surface area contributed by atoms with Gasteiger partial charge in [-0.1, -0.05) is 81.7 Å². The van der Waals surface area contributed by atoms with Gasteiger partial charge >= 0.3 is 0 Å². The summed E-state index contributed by atoms with van der Waals surface area (Å²) in [6.45, 7) is 1.75. The average Bonchev–Trinajstić information content (AvgIpc) is 3.42. The standard InChI is InChI=1S/C54H68ClN11O12S2/c1-29(67)45-54(78)65-44(52(76)61-40(47(58)71)24-32-10-18-36(68)19-11-32)28-80-79-27-43(64-48(72)38(56)23-30-8-16-35(55)17-9-30)53(77)63-42(26-33-12-20-37(69)21-13-33)51(75)62-41(25-31-6-14-34(15-7-31)46(57)70)50(74)60-39(49(73)66-45)5-3-4-22-59-2/h6-21,29,38-45,59,67-69H,3-5,22-28,56H2,1-2H3,(H2,57,70)(H2,58,71)(H,60,74)(H,61,76)(H,62,75)(H,63,77)(H,64,72)(H,65,78)(H,66,73)/t29?,38-,39-,40+,41+,42-,43+,44-,45?/m0/s1. The van der Waals surface area contributed by atoms with Crippen molar-refractivity contribution >= 4 is 86.4 Å². The summed E-state index contributed by atoms with van der Waals surface area (Å²) < 4.78 is 0. The molecule has 4 aromatic rings. The third-order valence-corrected chi connectivity index (χ3v) is 15.4. The van der Waals surface area contributed by atoms with Gasteiger partial charge in [0, 0.05) is 41.4 Å². The van der Waals surface area contributed by atoms with Gasteiger partial charge in [-0.05, 0) is 117 Å². The molecule has 430 valence electrons. The number of primary amides is 2. The number of aliphatic hydroxyl groups is 1. The fraction of sp³-hybridized carbons (Fsp3) is 0.389. The summed E-state index contributed by atoms with van der Waals surface area (Å²) in [5, 5.41) is 52.9. The third-order valence-electron chi connectivity index (χ3n) is 12.7. The van der Waals surface area contributed by atoms with Crippen LogP contribution in [-0.2, 0) is 64.0 Å². The number of hydrogen-bond donors (Lipinski definition) is 14. The lowest BCUT2D eigenvalue weighted by atomic mass is 10.00. The van der Waals surface area contributed by atoms with E-state index in [2.05, 4.69) is 42.5 Å². The Balaban J connectivity index is 1.58. The molecule has 9 atom stereocenters. The van der Waals surface area contributed by atoms with Crippen LogP contribution < -0.4 is 59.7 Å². The number of carbonyl (C=O) groups excluding carboxylic acids is 9. The van der Waals surface area contributed by atoms with Crippen molar-refractivity contribution in [3.63, 3.8) is 0 Å². The first-order valence-corrected chi connectivity index (χ1v) is 28.4. The lowest BCUT2D eigenvalue weighted by Gasteiger charge is -2.29. The summed E-state index contributed by atoms with van der Waals surface area (Å²) in [5.74, 6) is -8.68. The van der Waals surface area contributed by atoms with Crippen molar-refractivity contribution in [3.8, 4) is 11.5 Å². The summed E-state index contributed by atoms with van der Waals surface area (Å²) in [6, 6.07) is 12.4. The highest BCUT2D eigenvalue weighted by atomic mass is 35.5. The molecule has 1 aliphatic rings.